The first kappa shape index (κ1) is 12.6. The third-order valence-corrected chi connectivity index (χ3v) is 3.97. The van der Waals surface area contributed by atoms with Gasteiger partial charge in [0.05, 0.1) is 4.47 Å². The number of halogens is 1. The third-order valence-electron chi connectivity index (χ3n) is 3.36. The second-order valence-corrected chi connectivity index (χ2v) is 5.62. The highest BCUT2D eigenvalue weighted by atomic mass is 79.9. The van der Waals surface area contributed by atoms with Gasteiger partial charge in [-0.25, -0.2) is 0 Å². The number of phenols is 1. The molecular formula is C14H17BrO2. The van der Waals surface area contributed by atoms with Crippen LogP contribution in [0.4, 0.5) is 0 Å². The summed E-state index contributed by atoms with van der Waals surface area (Å²) in [5.41, 5.74) is 3.34. The Morgan fingerprint density at radius 1 is 1.35 bits per heavy atom. The molecule has 1 N–H and O–H groups in total. The van der Waals surface area contributed by atoms with Gasteiger partial charge in [-0.3, -0.25) is 4.79 Å². The number of ketones is 1. The summed E-state index contributed by atoms with van der Waals surface area (Å²) in [7, 11) is 0. The first-order valence-electron chi connectivity index (χ1n) is 6.11. The molecular weight excluding hydrogens is 280 g/mol. The van der Waals surface area contributed by atoms with E-state index in [1.165, 1.54) is 24.0 Å². The van der Waals surface area contributed by atoms with E-state index < -0.39 is 0 Å². The van der Waals surface area contributed by atoms with Crippen molar-refractivity contribution >= 4 is 21.7 Å². The van der Waals surface area contributed by atoms with E-state index in [-0.39, 0.29) is 11.5 Å². The average Bonchev–Trinajstić information content (AvgIpc) is 2.49. The molecule has 1 aromatic rings. The van der Waals surface area contributed by atoms with Crippen LogP contribution < -0.4 is 0 Å². The number of fused-ring (bicyclic) bond motifs is 1. The first-order valence-corrected chi connectivity index (χ1v) is 6.90. The van der Waals surface area contributed by atoms with Gasteiger partial charge in [0.15, 0.2) is 0 Å². The van der Waals surface area contributed by atoms with Crippen LogP contribution in [-0.2, 0) is 24.1 Å². The normalized spacial score (nSPS) is 15.2. The van der Waals surface area contributed by atoms with Gasteiger partial charge >= 0.3 is 0 Å². The second-order valence-electron chi connectivity index (χ2n) is 4.76. The number of Topliss-reactive ketones (excluding diaryl/α,β-unsaturated/α-hetero) is 1. The van der Waals surface area contributed by atoms with Crippen molar-refractivity contribution in [2.45, 2.75) is 45.4 Å². The van der Waals surface area contributed by atoms with Crippen LogP contribution >= 0.6 is 15.9 Å². The zero-order chi connectivity index (χ0) is 12.4. The lowest BCUT2D eigenvalue weighted by Gasteiger charge is -2.15. The van der Waals surface area contributed by atoms with E-state index in [0.29, 0.717) is 6.42 Å². The van der Waals surface area contributed by atoms with Crippen molar-refractivity contribution in [3.05, 3.63) is 27.2 Å². The largest absolute Gasteiger partial charge is 0.506 e. The number of benzene rings is 1. The Labute approximate surface area is 110 Å². The minimum Gasteiger partial charge on any atom is -0.506 e. The highest BCUT2D eigenvalue weighted by Gasteiger charge is 2.19. The van der Waals surface area contributed by atoms with E-state index in [2.05, 4.69) is 15.9 Å². The summed E-state index contributed by atoms with van der Waals surface area (Å²) < 4.78 is 0.717. The van der Waals surface area contributed by atoms with Crippen molar-refractivity contribution in [1.82, 2.24) is 0 Å². The molecule has 0 saturated heterocycles. The van der Waals surface area contributed by atoms with Gasteiger partial charge in [0, 0.05) is 12.0 Å². The standard InChI is InChI=1S/C14H17BrO2/c1-9(16)7-12-11-6-4-2-3-5-10(11)8-13(15)14(12)17/h8,17H,2-7H2,1H3. The van der Waals surface area contributed by atoms with Crippen molar-refractivity contribution in [3.63, 3.8) is 0 Å². The molecule has 92 valence electrons. The molecule has 0 atom stereocenters. The molecule has 0 radical (unpaired) electrons. The van der Waals surface area contributed by atoms with E-state index in [4.69, 9.17) is 0 Å². The Balaban J connectivity index is 2.53. The number of aryl methyl sites for hydroxylation is 1. The van der Waals surface area contributed by atoms with Gasteiger partial charge < -0.3 is 5.11 Å². The van der Waals surface area contributed by atoms with Crippen LogP contribution in [0.25, 0.3) is 0 Å². The maximum Gasteiger partial charge on any atom is 0.134 e. The van der Waals surface area contributed by atoms with E-state index in [0.717, 1.165) is 29.3 Å². The van der Waals surface area contributed by atoms with Crippen LogP contribution in [0.5, 0.6) is 5.75 Å². The van der Waals surface area contributed by atoms with Crippen LogP contribution in [0.15, 0.2) is 10.5 Å². The summed E-state index contributed by atoms with van der Waals surface area (Å²) in [6.07, 6.45) is 5.96. The zero-order valence-corrected chi connectivity index (χ0v) is 11.6. The number of phenolic OH excluding ortho intramolecular Hbond substituents is 1. The van der Waals surface area contributed by atoms with Gasteiger partial charge in [0.2, 0.25) is 0 Å². The summed E-state index contributed by atoms with van der Waals surface area (Å²) in [5, 5.41) is 10.1. The van der Waals surface area contributed by atoms with Crippen molar-refractivity contribution in [2.24, 2.45) is 0 Å². The molecule has 0 aromatic heterocycles. The van der Waals surface area contributed by atoms with Crippen molar-refractivity contribution in [1.29, 1.82) is 0 Å². The number of hydrogen-bond donors (Lipinski definition) is 1. The van der Waals surface area contributed by atoms with Gasteiger partial charge in [-0.2, -0.15) is 0 Å². The molecule has 0 fully saturated rings. The van der Waals surface area contributed by atoms with Crippen LogP contribution in [0.2, 0.25) is 0 Å². The summed E-state index contributed by atoms with van der Waals surface area (Å²) in [5.74, 6) is 0.352. The quantitative estimate of drug-likeness (QED) is 0.848. The second kappa shape index (κ2) is 5.21. The van der Waals surface area contributed by atoms with Crippen molar-refractivity contribution < 1.29 is 9.90 Å². The molecule has 0 aliphatic heterocycles. The maximum atomic E-state index is 11.3. The summed E-state index contributed by atoms with van der Waals surface area (Å²) >= 11 is 3.38. The smallest absolute Gasteiger partial charge is 0.134 e. The molecule has 1 aliphatic rings. The van der Waals surface area contributed by atoms with Crippen LogP contribution in [0.1, 0.15) is 42.9 Å². The van der Waals surface area contributed by atoms with E-state index in [9.17, 15) is 9.90 Å². The fourth-order valence-electron chi connectivity index (χ4n) is 2.56. The fraction of sp³-hybridized carbons (Fsp3) is 0.500. The van der Waals surface area contributed by atoms with Crippen molar-refractivity contribution in [3.8, 4) is 5.75 Å². The molecule has 0 amide bonds. The van der Waals surface area contributed by atoms with Gasteiger partial charge in [0.25, 0.3) is 0 Å². The predicted molar refractivity (Wildman–Crippen MR) is 71.5 cm³/mol. The van der Waals surface area contributed by atoms with E-state index in [1.807, 2.05) is 6.07 Å². The van der Waals surface area contributed by atoms with Crippen LogP contribution in [-0.4, -0.2) is 10.9 Å². The number of hydrogen-bond acceptors (Lipinski definition) is 2. The van der Waals surface area contributed by atoms with Crippen molar-refractivity contribution in [2.75, 3.05) is 0 Å². The highest BCUT2D eigenvalue weighted by Crippen LogP contribution is 2.36. The first-order chi connectivity index (χ1) is 8.09. The van der Waals surface area contributed by atoms with Gasteiger partial charge in [0.1, 0.15) is 11.5 Å². The lowest BCUT2D eigenvalue weighted by atomic mass is 9.93. The fourth-order valence-corrected chi connectivity index (χ4v) is 3.07. The monoisotopic (exact) mass is 296 g/mol. The average molecular weight is 297 g/mol. The molecule has 0 heterocycles. The molecule has 3 heteroatoms. The highest BCUT2D eigenvalue weighted by molar-refractivity contribution is 9.10. The Kier molecular flexibility index (Phi) is 3.87. The minimum atomic E-state index is 0.102. The number of carbonyl (C=O) groups is 1. The molecule has 2 rings (SSSR count). The Hall–Kier alpha value is -0.830. The van der Waals surface area contributed by atoms with E-state index >= 15 is 0 Å². The molecule has 17 heavy (non-hydrogen) atoms. The SMILES string of the molecule is CC(=O)Cc1c(O)c(Br)cc2c1CCCCC2. The number of carbonyl (C=O) groups excluding carboxylic acids is 1. The topological polar surface area (TPSA) is 37.3 Å². The molecule has 1 aromatic carbocycles. The maximum absolute atomic E-state index is 11.3. The lowest BCUT2D eigenvalue weighted by molar-refractivity contribution is -0.116. The molecule has 0 unspecified atom stereocenters. The lowest BCUT2D eigenvalue weighted by Crippen LogP contribution is -2.04. The molecule has 0 spiro atoms. The van der Waals surface area contributed by atoms with Crippen LogP contribution in [0.3, 0.4) is 0 Å². The third kappa shape index (κ3) is 2.71. The Morgan fingerprint density at radius 2 is 2.06 bits per heavy atom. The van der Waals surface area contributed by atoms with E-state index in [1.54, 1.807) is 6.92 Å². The van der Waals surface area contributed by atoms with Gasteiger partial charge in [-0.05, 0) is 65.7 Å². The molecule has 2 nitrogen and oxygen atoms in total. The predicted octanol–water partition coefficient (Wildman–Crippen LogP) is 3.56. The minimum absolute atomic E-state index is 0.102. The molecule has 1 aliphatic carbocycles. The summed E-state index contributed by atoms with van der Waals surface area (Å²) in [6.45, 7) is 1.57. The number of rotatable bonds is 2. The Morgan fingerprint density at radius 3 is 2.76 bits per heavy atom. The van der Waals surface area contributed by atoms with Gasteiger partial charge in [-0.15, -0.1) is 0 Å². The summed E-state index contributed by atoms with van der Waals surface area (Å²) in [4.78, 5) is 11.3. The zero-order valence-electron chi connectivity index (χ0n) is 10.1. The molecule has 0 saturated carbocycles. The molecule has 0 bridgehead atoms. The number of aromatic hydroxyl groups is 1. The Bertz CT molecular complexity index is 452. The summed E-state index contributed by atoms with van der Waals surface area (Å²) in [6, 6.07) is 2.01. The van der Waals surface area contributed by atoms with Crippen LogP contribution in [0, 0.1) is 0 Å². The van der Waals surface area contributed by atoms with Gasteiger partial charge in [-0.1, -0.05) is 6.42 Å².